The number of nitrogens with zero attached hydrogens (tertiary/aromatic N) is 2. The second-order valence-corrected chi connectivity index (χ2v) is 9.74. The van der Waals surface area contributed by atoms with Crippen LogP contribution in [0.15, 0.2) is 5.51 Å². The molecule has 1 atom stereocenters. The van der Waals surface area contributed by atoms with Crippen molar-refractivity contribution in [2.75, 3.05) is 39.5 Å². The first-order valence-electron chi connectivity index (χ1n) is 10.8. The van der Waals surface area contributed by atoms with Gasteiger partial charge in [-0.15, -0.1) is 11.3 Å². The summed E-state index contributed by atoms with van der Waals surface area (Å²) in [6, 6.07) is 0. The van der Waals surface area contributed by atoms with E-state index in [9.17, 15) is 13.2 Å². The lowest BCUT2D eigenvalue weighted by atomic mass is 9.66. The van der Waals surface area contributed by atoms with E-state index in [0.29, 0.717) is 11.3 Å². The van der Waals surface area contributed by atoms with Crippen LogP contribution in [0.1, 0.15) is 42.7 Å². The van der Waals surface area contributed by atoms with Gasteiger partial charge in [0.05, 0.1) is 24.4 Å². The Morgan fingerprint density at radius 2 is 2.00 bits per heavy atom. The van der Waals surface area contributed by atoms with Crippen molar-refractivity contribution in [1.29, 1.82) is 0 Å². The predicted octanol–water partition coefficient (Wildman–Crippen LogP) is 4.13. The number of carbonyl (C=O) groups is 1. The molecule has 3 heterocycles. The molecule has 1 spiro atoms. The largest absolute Gasteiger partial charge is 0.490 e. The Hall–Kier alpha value is -1.23. The summed E-state index contributed by atoms with van der Waals surface area (Å²) in [5.41, 5.74) is 3.64. The molecule has 2 aliphatic heterocycles. The van der Waals surface area contributed by atoms with Crippen molar-refractivity contribution < 1.29 is 32.5 Å². The highest BCUT2D eigenvalue weighted by molar-refractivity contribution is 7.09. The monoisotopic (exact) mass is 464 g/mol. The normalized spacial score (nSPS) is 23.9. The number of aromatic nitrogens is 1. The van der Waals surface area contributed by atoms with E-state index in [2.05, 4.69) is 16.8 Å². The molecule has 3 aliphatic rings. The van der Waals surface area contributed by atoms with E-state index in [1.54, 1.807) is 11.3 Å². The van der Waals surface area contributed by atoms with Crippen LogP contribution in [0.5, 0.6) is 0 Å². The summed E-state index contributed by atoms with van der Waals surface area (Å²) in [7, 11) is 0. The fraction of sp³-hybridized carbons (Fsp3) is 0.810. The zero-order valence-electron chi connectivity index (χ0n) is 17.8. The van der Waals surface area contributed by atoms with E-state index < -0.39 is 12.1 Å². The van der Waals surface area contributed by atoms with Gasteiger partial charge in [0, 0.05) is 30.6 Å². The van der Waals surface area contributed by atoms with Crippen LogP contribution >= 0.6 is 11.3 Å². The van der Waals surface area contributed by atoms with Crippen molar-refractivity contribution in [3.8, 4) is 0 Å². The number of carboxylic acid groups (broad SMARTS) is 1. The molecule has 31 heavy (non-hydrogen) atoms. The van der Waals surface area contributed by atoms with Crippen LogP contribution in [0.3, 0.4) is 0 Å². The van der Waals surface area contributed by atoms with Gasteiger partial charge in [0.2, 0.25) is 0 Å². The summed E-state index contributed by atoms with van der Waals surface area (Å²) < 4.78 is 43.6. The number of ether oxygens (including phenoxy) is 2. The molecule has 3 fully saturated rings. The second kappa shape index (κ2) is 10.6. The van der Waals surface area contributed by atoms with Gasteiger partial charge in [0.15, 0.2) is 0 Å². The molecule has 1 aromatic heterocycles. The zero-order chi connectivity index (χ0) is 22.5. The lowest BCUT2D eigenvalue weighted by Crippen LogP contribution is -2.49. The molecule has 4 rings (SSSR count). The Morgan fingerprint density at radius 3 is 2.55 bits per heavy atom. The Kier molecular flexibility index (Phi) is 8.34. The molecule has 1 saturated carbocycles. The maximum Gasteiger partial charge on any atom is 0.490 e. The van der Waals surface area contributed by atoms with E-state index in [1.807, 2.05) is 5.51 Å². The van der Waals surface area contributed by atoms with Gasteiger partial charge in [-0.2, -0.15) is 13.2 Å². The summed E-state index contributed by atoms with van der Waals surface area (Å²) >= 11 is 1.80. The number of thiazole rings is 1. The van der Waals surface area contributed by atoms with Crippen LogP contribution in [0.4, 0.5) is 13.2 Å². The predicted molar refractivity (Wildman–Crippen MR) is 110 cm³/mol. The van der Waals surface area contributed by atoms with Crippen molar-refractivity contribution in [3.05, 3.63) is 16.1 Å². The molecule has 2 saturated heterocycles. The summed E-state index contributed by atoms with van der Waals surface area (Å²) in [5.74, 6) is -1.31. The summed E-state index contributed by atoms with van der Waals surface area (Å²) in [6.07, 6.45) is 1.48. The molecule has 0 aromatic carbocycles. The fourth-order valence-corrected chi connectivity index (χ4v) is 5.08. The number of alkyl halides is 3. The highest BCUT2D eigenvalue weighted by Crippen LogP contribution is 2.45. The Balaban J connectivity index is 0.000000339. The number of piperidine rings is 1. The van der Waals surface area contributed by atoms with Gasteiger partial charge < -0.3 is 14.6 Å². The van der Waals surface area contributed by atoms with Crippen molar-refractivity contribution in [2.24, 2.45) is 17.3 Å². The molecule has 0 bridgehead atoms. The Morgan fingerprint density at radius 1 is 1.32 bits per heavy atom. The molecular formula is C21H31F3N2O4S. The molecule has 1 N–H and O–H groups in total. The molecule has 10 heteroatoms. The topological polar surface area (TPSA) is 71.9 Å². The average molecular weight is 465 g/mol. The highest BCUT2D eigenvalue weighted by Gasteiger charge is 2.43. The highest BCUT2D eigenvalue weighted by atomic mass is 32.1. The lowest BCUT2D eigenvalue weighted by molar-refractivity contribution is -0.192. The Bertz CT molecular complexity index is 716. The summed E-state index contributed by atoms with van der Waals surface area (Å²) in [5, 5.41) is 7.12. The molecular weight excluding hydrogens is 433 g/mol. The summed E-state index contributed by atoms with van der Waals surface area (Å²) in [6.45, 7) is 9.33. The van der Waals surface area contributed by atoms with Crippen LogP contribution in [0.2, 0.25) is 0 Å². The smallest absolute Gasteiger partial charge is 0.475 e. The fourth-order valence-electron chi connectivity index (χ4n) is 4.26. The van der Waals surface area contributed by atoms with Crippen molar-refractivity contribution in [3.63, 3.8) is 0 Å². The van der Waals surface area contributed by atoms with E-state index >= 15 is 0 Å². The van der Waals surface area contributed by atoms with Gasteiger partial charge in [-0.05, 0) is 63.5 Å². The van der Waals surface area contributed by atoms with Crippen molar-refractivity contribution >= 4 is 17.3 Å². The van der Waals surface area contributed by atoms with E-state index in [4.69, 9.17) is 19.4 Å². The van der Waals surface area contributed by atoms with Gasteiger partial charge in [0.25, 0.3) is 0 Å². The van der Waals surface area contributed by atoms with Gasteiger partial charge in [-0.1, -0.05) is 0 Å². The molecule has 0 radical (unpaired) electrons. The zero-order valence-corrected chi connectivity index (χ0v) is 18.6. The number of rotatable bonds is 6. The number of hydrogen-bond acceptors (Lipinski definition) is 6. The number of carboxylic acids is 1. The standard InChI is InChI=1S/C19H30N2O2S.C2HF3O2/c1-15-18(24-14-20-15)10-21-7-4-19(5-8-21)6-9-22-12-17(19)13-23-11-16-2-3-16;3-2(4,5)1(6)7/h14,16-17H,2-13H2,1H3;(H,6,7). The van der Waals surface area contributed by atoms with Crippen LogP contribution < -0.4 is 0 Å². The number of halogens is 3. The molecule has 1 unspecified atom stereocenters. The molecule has 176 valence electrons. The minimum absolute atomic E-state index is 0.459. The first-order valence-corrected chi connectivity index (χ1v) is 11.6. The number of likely N-dealkylation sites (tertiary alicyclic amines) is 1. The van der Waals surface area contributed by atoms with Gasteiger partial charge in [0.1, 0.15) is 0 Å². The average Bonchev–Trinajstić information content (AvgIpc) is 3.46. The molecule has 6 nitrogen and oxygen atoms in total. The van der Waals surface area contributed by atoms with E-state index in [1.165, 1.54) is 55.8 Å². The first kappa shape index (κ1) is 24.4. The summed E-state index contributed by atoms with van der Waals surface area (Å²) in [4.78, 5) is 17.3. The lowest BCUT2D eigenvalue weighted by Gasteiger charge is -2.49. The van der Waals surface area contributed by atoms with E-state index in [0.717, 1.165) is 38.9 Å². The van der Waals surface area contributed by atoms with Crippen LogP contribution in [-0.4, -0.2) is 66.7 Å². The molecule has 1 aromatic rings. The van der Waals surface area contributed by atoms with Gasteiger partial charge in [-0.25, -0.2) is 9.78 Å². The number of aryl methyl sites for hydroxylation is 1. The van der Waals surface area contributed by atoms with Crippen molar-refractivity contribution in [1.82, 2.24) is 9.88 Å². The SMILES string of the molecule is Cc1ncsc1CN1CCC2(CCOCC2COCC2CC2)CC1.O=C(O)C(F)(F)F. The van der Waals surface area contributed by atoms with E-state index in [-0.39, 0.29) is 0 Å². The second-order valence-electron chi connectivity index (χ2n) is 8.81. The van der Waals surface area contributed by atoms with Crippen LogP contribution in [-0.2, 0) is 20.8 Å². The number of aliphatic carboxylic acids is 1. The minimum atomic E-state index is -5.08. The third-order valence-electron chi connectivity index (χ3n) is 6.61. The minimum Gasteiger partial charge on any atom is -0.475 e. The third-order valence-corrected chi connectivity index (χ3v) is 7.53. The molecule has 0 amide bonds. The maximum atomic E-state index is 10.6. The quantitative estimate of drug-likeness (QED) is 0.683. The third kappa shape index (κ3) is 7.13. The van der Waals surface area contributed by atoms with Crippen molar-refractivity contribution in [2.45, 2.75) is 51.7 Å². The number of hydrogen-bond donors (Lipinski definition) is 1. The van der Waals surface area contributed by atoms with Gasteiger partial charge >= 0.3 is 12.1 Å². The molecule has 1 aliphatic carbocycles. The van der Waals surface area contributed by atoms with Crippen LogP contribution in [0.25, 0.3) is 0 Å². The van der Waals surface area contributed by atoms with Gasteiger partial charge in [-0.3, -0.25) is 4.90 Å². The maximum absolute atomic E-state index is 10.6. The Labute approximate surface area is 184 Å². The van der Waals surface area contributed by atoms with Crippen LogP contribution in [0, 0.1) is 24.2 Å². The first-order chi connectivity index (χ1) is 14.7.